The number of benzene rings is 1. The van der Waals surface area contributed by atoms with Gasteiger partial charge in [-0.05, 0) is 43.4 Å². The summed E-state index contributed by atoms with van der Waals surface area (Å²) in [5.74, 6) is -0.235. The highest BCUT2D eigenvalue weighted by Gasteiger charge is 2.11. The summed E-state index contributed by atoms with van der Waals surface area (Å²) in [4.78, 5) is 11.8. The molecule has 0 spiro atoms. The first-order valence-corrected chi connectivity index (χ1v) is 6.51. The van der Waals surface area contributed by atoms with E-state index in [9.17, 15) is 9.90 Å². The zero-order valence-electron chi connectivity index (χ0n) is 10.3. The first kappa shape index (κ1) is 13.6. The van der Waals surface area contributed by atoms with Crippen molar-refractivity contribution in [3.63, 3.8) is 0 Å². The number of hydrogen-bond acceptors (Lipinski definition) is 3. The number of nitrogens with zero attached hydrogens (tertiary/aromatic N) is 1. The SMILES string of the molecule is O=C(NN=C[C@@H]1CC=CCC1)c1ccc(Cl)cc1O. The van der Waals surface area contributed by atoms with E-state index in [0.29, 0.717) is 10.9 Å². The van der Waals surface area contributed by atoms with Gasteiger partial charge < -0.3 is 5.11 Å². The van der Waals surface area contributed by atoms with Crippen molar-refractivity contribution in [3.05, 3.63) is 40.9 Å². The van der Waals surface area contributed by atoms with Crippen LogP contribution in [-0.2, 0) is 0 Å². The summed E-state index contributed by atoms with van der Waals surface area (Å²) in [6.45, 7) is 0. The average Bonchev–Trinajstić information content (AvgIpc) is 2.39. The molecule has 19 heavy (non-hydrogen) atoms. The highest BCUT2D eigenvalue weighted by Crippen LogP contribution is 2.21. The van der Waals surface area contributed by atoms with Crippen molar-refractivity contribution in [2.45, 2.75) is 19.3 Å². The molecular formula is C14H15ClN2O2. The number of aromatic hydroxyl groups is 1. The van der Waals surface area contributed by atoms with Gasteiger partial charge in [0.25, 0.3) is 5.91 Å². The highest BCUT2D eigenvalue weighted by molar-refractivity contribution is 6.30. The maximum absolute atomic E-state index is 11.8. The van der Waals surface area contributed by atoms with Crippen LogP contribution in [0, 0.1) is 5.92 Å². The van der Waals surface area contributed by atoms with E-state index in [1.807, 2.05) is 0 Å². The molecule has 0 fully saturated rings. The third kappa shape index (κ3) is 3.83. The topological polar surface area (TPSA) is 61.7 Å². The smallest absolute Gasteiger partial charge is 0.275 e. The minimum absolute atomic E-state index is 0.152. The number of phenols is 1. The fourth-order valence-corrected chi connectivity index (χ4v) is 2.08. The molecule has 1 aliphatic carbocycles. The van der Waals surface area contributed by atoms with E-state index in [4.69, 9.17) is 11.6 Å². The van der Waals surface area contributed by atoms with Crippen molar-refractivity contribution in [1.82, 2.24) is 5.43 Å². The Morgan fingerprint density at radius 3 is 3.00 bits per heavy atom. The number of carbonyl (C=O) groups is 1. The van der Waals surface area contributed by atoms with E-state index in [-0.39, 0.29) is 11.3 Å². The van der Waals surface area contributed by atoms with Crippen molar-refractivity contribution in [1.29, 1.82) is 0 Å². The summed E-state index contributed by atoms with van der Waals surface area (Å²) >= 11 is 5.70. The third-order valence-electron chi connectivity index (χ3n) is 2.97. The molecule has 1 aromatic carbocycles. The molecule has 0 bridgehead atoms. The first-order chi connectivity index (χ1) is 9.16. The van der Waals surface area contributed by atoms with Crippen molar-refractivity contribution in [2.75, 3.05) is 0 Å². The van der Waals surface area contributed by atoms with E-state index < -0.39 is 5.91 Å². The maximum Gasteiger partial charge on any atom is 0.275 e. The standard InChI is InChI=1S/C14H15ClN2O2/c15-11-6-7-12(13(18)8-11)14(19)17-16-9-10-4-2-1-3-5-10/h1-2,6-10,18H,3-5H2,(H,17,19)/t10-/m1/s1. The minimum atomic E-state index is -0.447. The van der Waals surface area contributed by atoms with E-state index in [1.54, 1.807) is 12.3 Å². The molecule has 0 saturated heterocycles. The molecule has 0 unspecified atom stereocenters. The van der Waals surface area contributed by atoms with Crippen LogP contribution in [0.15, 0.2) is 35.5 Å². The van der Waals surface area contributed by atoms with E-state index in [1.165, 1.54) is 12.1 Å². The normalized spacial score (nSPS) is 18.7. The van der Waals surface area contributed by atoms with Crippen LogP contribution in [0.1, 0.15) is 29.6 Å². The fourth-order valence-electron chi connectivity index (χ4n) is 1.91. The molecule has 2 N–H and O–H groups in total. The summed E-state index contributed by atoms with van der Waals surface area (Å²) in [5, 5.41) is 13.9. The minimum Gasteiger partial charge on any atom is -0.507 e. The van der Waals surface area contributed by atoms with Gasteiger partial charge >= 0.3 is 0 Å². The lowest BCUT2D eigenvalue weighted by Gasteiger charge is -2.11. The maximum atomic E-state index is 11.8. The van der Waals surface area contributed by atoms with Gasteiger partial charge in [-0.3, -0.25) is 4.79 Å². The predicted octanol–water partition coefficient (Wildman–Crippen LogP) is 3.12. The summed E-state index contributed by atoms with van der Waals surface area (Å²) in [5.41, 5.74) is 2.57. The summed E-state index contributed by atoms with van der Waals surface area (Å²) in [6.07, 6.45) is 9.05. The summed E-state index contributed by atoms with van der Waals surface area (Å²) in [6, 6.07) is 4.34. The van der Waals surface area contributed by atoms with Crippen LogP contribution in [0.25, 0.3) is 0 Å². The van der Waals surface area contributed by atoms with Gasteiger partial charge in [0.1, 0.15) is 5.75 Å². The number of carbonyl (C=O) groups excluding carboxylic acids is 1. The molecule has 0 aromatic heterocycles. The molecule has 2 rings (SSSR count). The van der Waals surface area contributed by atoms with Crippen molar-refractivity contribution < 1.29 is 9.90 Å². The van der Waals surface area contributed by atoms with Crippen molar-refractivity contribution in [3.8, 4) is 5.75 Å². The molecule has 4 nitrogen and oxygen atoms in total. The fraction of sp³-hybridized carbons (Fsp3) is 0.286. The Hall–Kier alpha value is -1.81. The number of rotatable bonds is 3. The summed E-state index contributed by atoms with van der Waals surface area (Å²) < 4.78 is 0. The van der Waals surface area contributed by atoms with Gasteiger partial charge in [0.2, 0.25) is 0 Å². The van der Waals surface area contributed by atoms with Crippen LogP contribution in [-0.4, -0.2) is 17.2 Å². The molecule has 1 amide bonds. The molecule has 1 atom stereocenters. The number of amides is 1. The Bertz CT molecular complexity index is 526. The zero-order valence-corrected chi connectivity index (χ0v) is 11.1. The Balaban J connectivity index is 1.93. The van der Waals surface area contributed by atoms with Crippen molar-refractivity contribution in [2.24, 2.45) is 11.0 Å². The molecule has 5 heteroatoms. The Kier molecular flexibility index (Phi) is 4.58. The van der Waals surface area contributed by atoms with Gasteiger partial charge in [0, 0.05) is 11.2 Å². The number of nitrogens with one attached hydrogen (secondary N) is 1. The zero-order chi connectivity index (χ0) is 13.7. The first-order valence-electron chi connectivity index (χ1n) is 6.14. The molecule has 0 heterocycles. The second-order valence-corrected chi connectivity index (χ2v) is 4.86. The van der Waals surface area contributed by atoms with Crippen LogP contribution in [0.4, 0.5) is 0 Å². The second-order valence-electron chi connectivity index (χ2n) is 4.43. The lowest BCUT2D eigenvalue weighted by molar-refractivity contribution is 0.0952. The molecule has 100 valence electrons. The van der Waals surface area contributed by atoms with Gasteiger partial charge in [-0.25, -0.2) is 5.43 Å². The van der Waals surface area contributed by atoms with Gasteiger partial charge in [-0.1, -0.05) is 23.8 Å². The summed E-state index contributed by atoms with van der Waals surface area (Å²) in [7, 11) is 0. The average molecular weight is 279 g/mol. The van der Waals surface area contributed by atoms with Crippen LogP contribution in [0.5, 0.6) is 5.75 Å². The Labute approximate surface area is 116 Å². The van der Waals surface area contributed by atoms with Gasteiger partial charge in [-0.2, -0.15) is 5.10 Å². The molecule has 0 radical (unpaired) electrons. The van der Waals surface area contributed by atoms with E-state index >= 15 is 0 Å². The quantitative estimate of drug-likeness (QED) is 0.507. The van der Waals surface area contributed by atoms with E-state index in [0.717, 1.165) is 19.3 Å². The lowest BCUT2D eigenvalue weighted by atomic mass is 9.96. The molecule has 0 aliphatic heterocycles. The monoisotopic (exact) mass is 278 g/mol. The number of allylic oxidation sites excluding steroid dienone is 2. The van der Waals surface area contributed by atoms with E-state index in [2.05, 4.69) is 22.7 Å². The van der Waals surface area contributed by atoms with Gasteiger partial charge in [0.05, 0.1) is 5.56 Å². The molecule has 1 aromatic rings. The Morgan fingerprint density at radius 2 is 2.32 bits per heavy atom. The van der Waals surface area contributed by atoms with Crippen LogP contribution in [0.3, 0.4) is 0 Å². The van der Waals surface area contributed by atoms with Crippen LogP contribution < -0.4 is 5.43 Å². The second kappa shape index (κ2) is 6.38. The largest absolute Gasteiger partial charge is 0.507 e. The molecule has 1 aliphatic rings. The third-order valence-corrected chi connectivity index (χ3v) is 3.20. The van der Waals surface area contributed by atoms with Gasteiger partial charge in [-0.15, -0.1) is 0 Å². The molecular weight excluding hydrogens is 264 g/mol. The van der Waals surface area contributed by atoms with Crippen LogP contribution >= 0.6 is 11.6 Å². The van der Waals surface area contributed by atoms with Gasteiger partial charge in [0.15, 0.2) is 0 Å². The highest BCUT2D eigenvalue weighted by atomic mass is 35.5. The lowest BCUT2D eigenvalue weighted by Crippen LogP contribution is -2.19. The number of halogens is 1. The molecule has 0 saturated carbocycles. The Morgan fingerprint density at radius 1 is 1.47 bits per heavy atom. The van der Waals surface area contributed by atoms with Crippen LogP contribution in [0.2, 0.25) is 5.02 Å². The number of hydrazone groups is 1. The number of hydrogen-bond donors (Lipinski definition) is 2. The number of phenolic OH excluding ortho intramolecular Hbond substituents is 1. The predicted molar refractivity (Wildman–Crippen MR) is 75.6 cm³/mol. The van der Waals surface area contributed by atoms with Crippen molar-refractivity contribution >= 4 is 23.7 Å².